The smallest absolute Gasteiger partial charge is 0.267 e. The summed E-state index contributed by atoms with van der Waals surface area (Å²) in [7, 11) is 0. The minimum absolute atomic E-state index is 0.121. The van der Waals surface area contributed by atoms with E-state index in [1.54, 1.807) is 31.2 Å². The Kier molecular flexibility index (Phi) is 3.59. The molecule has 0 N–H and O–H groups in total. The van der Waals surface area contributed by atoms with Crippen molar-refractivity contribution in [1.82, 2.24) is 9.97 Å². The number of hydrogen-bond donors (Lipinski definition) is 0. The minimum atomic E-state index is -1.72. The SMILES string of the molecule is Cc1nc(C(Cl)(Cl)Cl)cnc1N1C(=O)c2ccccc2C1=O. The molecule has 0 spiro atoms. The van der Waals surface area contributed by atoms with Crippen molar-refractivity contribution in [3.63, 3.8) is 0 Å². The molecule has 0 saturated carbocycles. The van der Waals surface area contributed by atoms with Crippen molar-refractivity contribution in [1.29, 1.82) is 0 Å². The van der Waals surface area contributed by atoms with Crippen LogP contribution in [0.3, 0.4) is 0 Å². The van der Waals surface area contributed by atoms with Crippen LogP contribution in [0.15, 0.2) is 30.5 Å². The summed E-state index contributed by atoms with van der Waals surface area (Å²) in [4.78, 5) is 34.0. The lowest BCUT2D eigenvalue weighted by Gasteiger charge is -2.17. The minimum Gasteiger partial charge on any atom is -0.268 e. The molecule has 0 unspecified atom stereocenters. The zero-order valence-corrected chi connectivity index (χ0v) is 13.4. The molecule has 1 aromatic heterocycles. The number of hydrogen-bond acceptors (Lipinski definition) is 4. The van der Waals surface area contributed by atoms with Crippen molar-refractivity contribution in [3.05, 3.63) is 53.0 Å². The van der Waals surface area contributed by atoms with E-state index >= 15 is 0 Å². The average molecular weight is 357 g/mol. The molecule has 1 aliphatic heterocycles. The van der Waals surface area contributed by atoms with Crippen LogP contribution in [-0.2, 0) is 3.79 Å². The van der Waals surface area contributed by atoms with Gasteiger partial charge in [-0.15, -0.1) is 0 Å². The number of imide groups is 1. The number of halogens is 3. The number of fused-ring (bicyclic) bond motifs is 1. The topological polar surface area (TPSA) is 63.2 Å². The van der Waals surface area contributed by atoms with Gasteiger partial charge in [0.1, 0.15) is 5.69 Å². The van der Waals surface area contributed by atoms with Crippen LogP contribution in [0, 0.1) is 6.92 Å². The molecule has 3 rings (SSSR count). The quantitative estimate of drug-likeness (QED) is 0.580. The lowest BCUT2D eigenvalue weighted by atomic mass is 10.1. The van der Waals surface area contributed by atoms with Gasteiger partial charge in [-0.1, -0.05) is 46.9 Å². The standard InChI is InChI=1S/C14H8Cl3N3O2/c1-7-11(18-6-10(19-7)14(15,16)17)20-12(21)8-4-2-3-5-9(8)13(20)22/h2-6H,1H3. The zero-order valence-electron chi connectivity index (χ0n) is 11.2. The van der Waals surface area contributed by atoms with Crippen molar-refractivity contribution in [2.24, 2.45) is 0 Å². The van der Waals surface area contributed by atoms with Crippen molar-refractivity contribution < 1.29 is 9.59 Å². The van der Waals surface area contributed by atoms with Gasteiger partial charge in [0.2, 0.25) is 3.79 Å². The van der Waals surface area contributed by atoms with Gasteiger partial charge in [-0.2, -0.15) is 0 Å². The van der Waals surface area contributed by atoms with Crippen LogP contribution in [0.5, 0.6) is 0 Å². The number of aryl methyl sites for hydroxylation is 1. The number of aromatic nitrogens is 2. The summed E-state index contributed by atoms with van der Waals surface area (Å²) in [6.07, 6.45) is 1.23. The first-order valence-electron chi connectivity index (χ1n) is 6.19. The van der Waals surface area contributed by atoms with Crippen LogP contribution in [0.2, 0.25) is 0 Å². The Morgan fingerprint density at radius 2 is 1.59 bits per heavy atom. The van der Waals surface area contributed by atoms with E-state index in [2.05, 4.69) is 9.97 Å². The normalized spacial score (nSPS) is 14.5. The Bertz CT molecular complexity index is 767. The van der Waals surface area contributed by atoms with Crippen molar-refractivity contribution in [2.45, 2.75) is 10.7 Å². The van der Waals surface area contributed by atoms with Gasteiger partial charge < -0.3 is 0 Å². The largest absolute Gasteiger partial charge is 0.268 e. The van der Waals surface area contributed by atoms with Gasteiger partial charge in [0, 0.05) is 0 Å². The first-order valence-corrected chi connectivity index (χ1v) is 7.32. The zero-order chi connectivity index (χ0) is 16.1. The molecule has 5 nitrogen and oxygen atoms in total. The molecule has 0 radical (unpaired) electrons. The average Bonchev–Trinajstić information content (AvgIpc) is 2.71. The van der Waals surface area contributed by atoms with Gasteiger partial charge in [0.25, 0.3) is 11.8 Å². The number of carbonyl (C=O) groups is 2. The fourth-order valence-corrected chi connectivity index (χ4v) is 2.49. The third-order valence-electron chi connectivity index (χ3n) is 3.22. The Labute approximate surface area is 140 Å². The second-order valence-electron chi connectivity index (χ2n) is 4.65. The lowest BCUT2D eigenvalue weighted by Crippen LogP contribution is -2.31. The lowest BCUT2D eigenvalue weighted by molar-refractivity contribution is 0.0924. The third-order valence-corrected chi connectivity index (χ3v) is 3.80. The predicted molar refractivity (Wildman–Crippen MR) is 83.6 cm³/mol. The van der Waals surface area contributed by atoms with Gasteiger partial charge in [-0.05, 0) is 19.1 Å². The number of alkyl halides is 3. The summed E-state index contributed by atoms with van der Waals surface area (Å²) in [6, 6.07) is 6.57. The highest BCUT2D eigenvalue weighted by molar-refractivity contribution is 6.66. The number of nitrogens with zero attached hydrogens (tertiary/aromatic N) is 3. The van der Waals surface area contributed by atoms with Crippen LogP contribution in [0.4, 0.5) is 5.82 Å². The van der Waals surface area contributed by atoms with E-state index in [1.165, 1.54) is 6.20 Å². The summed E-state index contributed by atoms with van der Waals surface area (Å²) < 4.78 is -1.72. The van der Waals surface area contributed by atoms with Crippen LogP contribution < -0.4 is 4.90 Å². The fourth-order valence-electron chi connectivity index (χ4n) is 2.21. The van der Waals surface area contributed by atoms with Gasteiger partial charge >= 0.3 is 0 Å². The fraction of sp³-hybridized carbons (Fsp3) is 0.143. The van der Waals surface area contributed by atoms with Crippen LogP contribution >= 0.6 is 34.8 Å². The number of amides is 2. The van der Waals surface area contributed by atoms with Gasteiger partial charge in [0.15, 0.2) is 5.82 Å². The number of carbonyl (C=O) groups excluding carboxylic acids is 2. The maximum atomic E-state index is 12.4. The molecule has 0 atom stereocenters. The van der Waals surface area contributed by atoms with E-state index in [0.29, 0.717) is 16.8 Å². The highest BCUT2D eigenvalue weighted by Gasteiger charge is 2.38. The summed E-state index contributed by atoms with van der Waals surface area (Å²) in [5, 5.41) is 0. The molecule has 0 aliphatic carbocycles. The number of benzene rings is 1. The number of anilines is 1. The molecular weight excluding hydrogens is 349 g/mol. The van der Waals surface area contributed by atoms with E-state index in [1.807, 2.05) is 0 Å². The number of rotatable bonds is 1. The maximum Gasteiger partial charge on any atom is 0.267 e. The van der Waals surface area contributed by atoms with E-state index < -0.39 is 15.6 Å². The highest BCUT2D eigenvalue weighted by atomic mass is 35.6. The van der Waals surface area contributed by atoms with Crippen molar-refractivity contribution in [3.8, 4) is 0 Å². The second kappa shape index (κ2) is 5.19. The molecule has 0 fully saturated rings. The van der Waals surface area contributed by atoms with Crippen LogP contribution in [0.25, 0.3) is 0 Å². The summed E-state index contributed by atoms with van der Waals surface area (Å²) in [6.45, 7) is 1.59. The molecule has 0 saturated heterocycles. The molecule has 2 aromatic rings. The molecule has 22 heavy (non-hydrogen) atoms. The first-order chi connectivity index (χ1) is 10.3. The van der Waals surface area contributed by atoms with E-state index in [0.717, 1.165) is 4.90 Å². The highest BCUT2D eigenvalue weighted by Crippen LogP contribution is 2.37. The summed E-state index contributed by atoms with van der Waals surface area (Å²) in [5.41, 5.74) is 1.10. The molecule has 1 aliphatic rings. The molecule has 112 valence electrons. The van der Waals surface area contributed by atoms with Crippen LogP contribution in [0.1, 0.15) is 32.1 Å². The monoisotopic (exact) mass is 355 g/mol. The van der Waals surface area contributed by atoms with E-state index in [4.69, 9.17) is 34.8 Å². The second-order valence-corrected chi connectivity index (χ2v) is 6.93. The van der Waals surface area contributed by atoms with E-state index in [-0.39, 0.29) is 11.5 Å². The van der Waals surface area contributed by atoms with Gasteiger partial charge in [0.05, 0.1) is 23.0 Å². The van der Waals surface area contributed by atoms with Gasteiger partial charge in [-0.25, -0.2) is 14.9 Å². The Balaban J connectivity index is 2.07. The third kappa shape index (κ3) is 2.35. The van der Waals surface area contributed by atoms with Gasteiger partial charge in [-0.3, -0.25) is 9.59 Å². The maximum absolute atomic E-state index is 12.4. The molecule has 1 aromatic carbocycles. The summed E-state index contributed by atoms with van der Waals surface area (Å²) in [5.74, 6) is -0.761. The Morgan fingerprint density at radius 1 is 1.05 bits per heavy atom. The predicted octanol–water partition coefficient (Wildman–Crippen LogP) is 3.41. The molecule has 8 heteroatoms. The first kappa shape index (κ1) is 15.2. The molecule has 2 amide bonds. The molecular formula is C14H8Cl3N3O2. The summed E-state index contributed by atoms with van der Waals surface area (Å²) >= 11 is 17.3. The van der Waals surface area contributed by atoms with Crippen molar-refractivity contribution >= 4 is 52.4 Å². The van der Waals surface area contributed by atoms with E-state index in [9.17, 15) is 9.59 Å². The Hall–Kier alpha value is -1.69. The van der Waals surface area contributed by atoms with Crippen LogP contribution in [-0.4, -0.2) is 21.8 Å². The molecule has 0 bridgehead atoms. The van der Waals surface area contributed by atoms with Crippen molar-refractivity contribution in [2.75, 3.05) is 4.90 Å². The molecule has 2 heterocycles. The Morgan fingerprint density at radius 3 is 2.05 bits per heavy atom.